The number of hydrogen-bond acceptors (Lipinski definition) is 7. The number of alkyl halides is 3. The lowest BCUT2D eigenvalue weighted by Gasteiger charge is -2.29. The molecule has 4 rings (SSSR count). The van der Waals surface area contributed by atoms with Crippen molar-refractivity contribution < 1.29 is 17.9 Å². The van der Waals surface area contributed by atoms with Gasteiger partial charge in [-0.25, -0.2) is 4.98 Å². The Kier molecular flexibility index (Phi) is 4.52. The minimum Gasteiger partial charge on any atom is -0.378 e. The summed E-state index contributed by atoms with van der Waals surface area (Å²) in [5.74, 6) is -0.0456. The van der Waals surface area contributed by atoms with Crippen molar-refractivity contribution in [3.63, 3.8) is 0 Å². The van der Waals surface area contributed by atoms with E-state index in [-0.39, 0.29) is 11.5 Å². The highest BCUT2D eigenvalue weighted by Gasteiger charge is 2.37. The number of morpholine rings is 1. The van der Waals surface area contributed by atoms with Gasteiger partial charge in [-0.15, -0.1) is 15.3 Å². The molecule has 1 saturated heterocycles. The Morgan fingerprint density at radius 2 is 1.93 bits per heavy atom. The van der Waals surface area contributed by atoms with E-state index in [9.17, 15) is 13.2 Å². The van der Waals surface area contributed by atoms with E-state index >= 15 is 0 Å². The van der Waals surface area contributed by atoms with Crippen LogP contribution in [0.25, 0.3) is 5.65 Å². The Morgan fingerprint density at radius 1 is 1.11 bits per heavy atom. The van der Waals surface area contributed by atoms with Crippen molar-refractivity contribution in [1.29, 1.82) is 0 Å². The van der Waals surface area contributed by atoms with Gasteiger partial charge in [-0.1, -0.05) is 6.07 Å². The van der Waals surface area contributed by atoms with Gasteiger partial charge in [-0.05, 0) is 18.2 Å². The minimum atomic E-state index is -4.63. The zero-order valence-electron chi connectivity index (χ0n) is 14.1. The molecule has 8 nitrogen and oxygen atoms in total. The van der Waals surface area contributed by atoms with Crippen LogP contribution in [0.5, 0.6) is 0 Å². The number of nitrogens with one attached hydrogen (secondary N) is 1. The summed E-state index contributed by atoms with van der Waals surface area (Å²) < 4.78 is 45.0. The van der Waals surface area contributed by atoms with Gasteiger partial charge in [0.1, 0.15) is 11.6 Å². The van der Waals surface area contributed by atoms with Crippen molar-refractivity contribution in [1.82, 2.24) is 24.8 Å². The lowest BCUT2D eigenvalue weighted by Crippen LogP contribution is -2.37. The summed E-state index contributed by atoms with van der Waals surface area (Å²) >= 11 is 0. The van der Waals surface area contributed by atoms with Crippen LogP contribution in [0.4, 0.5) is 24.8 Å². The smallest absolute Gasteiger partial charge is 0.378 e. The van der Waals surface area contributed by atoms with E-state index < -0.39 is 12.0 Å². The molecule has 0 radical (unpaired) electrons. The van der Waals surface area contributed by atoms with Gasteiger partial charge >= 0.3 is 6.18 Å². The van der Waals surface area contributed by atoms with Gasteiger partial charge in [0.05, 0.1) is 13.2 Å². The van der Waals surface area contributed by atoms with Gasteiger partial charge in [0.2, 0.25) is 0 Å². The highest BCUT2D eigenvalue weighted by atomic mass is 19.4. The van der Waals surface area contributed by atoms with Gasteiger partial charge < -0.3 is 15.0 Å². The van der Waals surface area contributed by atoms with Crippen LogP contribution < -0.4 is 10.2 Å². The number of aromatic nitrogens is 5. The number of fused-ring (bicyclic) bond motifs is 1. The number of pyridine rings is 1. The van der Waals surface area contributed by atoms with E-state index in [1.54, 1.807) is 12.3 Å². The fourth-order valence-corrected chi connectivity index (χ4v) is 2.87. The standard InChI is InChI=1S/C16H16F3N7O/c17-16(18,19)15-23-22-13-4-3-12(24-26(13)15)21-10-11-2-1-5-20-14(11)25-6-8-27-9-7-25/h1-5H,6-10H2,(H,21,24). The van der Waals surface area contributed by atoms with Crippen molar-refractivity contribution in [3.8, 4) is 0 Å². The van der Waals surface area contributed by atoms with E-state index in [1.165, 1.54) is 6.07 Å². The van der Waals surface area contributed by atoms with Gasteiger partial charge in [0.15, 0.2) is 5.65 Å². The Bertz CT molecular complexity index is 937. The molecule has 0 amide bonds. The van der Waals surface area contributed by atoms with Crippen molar-refractivity contribution >= 4 is 17.3 Å². The number of ether oxygens (including phenoxy) is 1. The molecule has 1 aliphatic rings. The van der Waals surface area contributed by atoms with Crippen LogP contribution in [0.2, 0.25) is 0 Å². The monoisotopic (exact) mass is 379 g/mol. The molecule has 1 N–H and O–H groups in total. The first-order chi connectivity index (χ1) is 13.0. The van der Waals surface area contributed by atoms with E-state index in [0.29, 0.717) is 24.3 Å². The highest BCUT2D eigenvalue weighted by Crippen LogP contribution is 2.27. The maximum atomic E-state index is 13.0. The molecule has 0 aromatic carbocycles. The Labute approximate surface area is 152 Å². The summed E-state index contributed by atoms with van der Waals surface area (Å²) in [5, 5.41) is 13.7. The number of halogens is 3. The van der Waals surface area contributed by atoms with Crippen LogP contribution in [0, 0.1) is 0 Å². The minimum absolute atomic E-state index is 0.0308. The van der Waals surface area contributed by atoms with Crippen molar-refractivity contribution in [3.05, 3.63) is 41.9 Å². The average Bonchev–Trinajstić information content (AvgIpc) is 3.11. The van der Waals surface area contributed by atoms with Gasteiger partial charge in [-0.2, -0.15) is 17.7 Å². The molecule has 4 heterocycles. The first-order valence-electron chi connectivity index (χ1n) is 8.32. The van der Waals surface area contributed by atoms with Crippen LogP contribution >= 0.6 is 0 Å². The molecule has 1 aliphatic heterocycles. The summed E-state index contributed by atoms with van der Waals surface area (Å²) in [7, 11) is 0. The van der Waals surface area contributed by atoms with Gasteiger partial charge in [0.25, 0.3) is 5.82 Å². The van der Waals surface area contributed by atoms with E-state index in [2.05, 4.69) is 30.5 Å². The number of nitrogens with zero attached hydrogens (tertiary/aromatic N) is 6. The highest BCUT2D eigenvalue weighted by molar-refractivity contribution is 5.50. The third-order valence-electron chi connectivity index (χ3n) is 4.15. The zero-order chi connectivity index (χ0) is 18.9. The molecule has 0 unspecified atom stereocenters. The largest absolute Gasteiger partial charge is 0.453 e. The second kappa shape index (κ2) is 6.99. The molecule has 27 heavy (non-hydrogen) atoms. The molecule has 11 heteroatoms. The summed E-state index contributed by atoms with van der Waals surface area (Å²) in [5.41, 5.74) is 0.948. The fraction of sp³-hybridized carbons (Fsp3) is 0.375. The van der Waals surface area contributed by atoms with E-state index in [0.717, 1.165) is 24.5 Å². The Balaban J connectivity index is 1.55. The second-order valence-corrected chi connectivity index (χ2v) is 5.95. The topological polar surface area (TPSA) is 80.5 Å². The number of anilines is 2. The Morgan fingerprint density at radius 3 is 2.70 bits per heavy atom. The SMILES string of the molecule is FC(F)(F)c1nnc2ccc(NCc3cccnc3N3CCOCC3)nn12. The van der Waals surface area contributed by atoms with E-state index in [1.807, 2.05) is 12.1 Å². The predicted molar refractivity (Wildman–Crippen MR) is 90.4 cm³/mol. The second-order valence-electron chi connectivity index (χ2n) is 5.95. The number of rotatable bonds is 4. The van der Waals surface area contributed by atoms with Crippen LogP contribution in [0.3, 0.4) is 0 Å². The maximum Gasteiger partial charge on any atom is 0.453 e. The predicted octanol–water partition coefficient (Wildman–Crippen LogP) is 1.99. The van der Waals surface area contributed by atoms with Crippen molar-refractivity contribution in [2.75, 3.05) is 36.5 Å². The summed E-state index contributed by atoms with van der Waals surface area (Å²) in [4.78, 5) is 6.56. The summed E-state index contributed by atoms with van der Waals surface area (Å²) in [6.45, 7) is 3.11. The fourth-order valence-electron chi connectivity index (χ4n) is 2.87. The quantitative estimate of drug-likeness (QED) is 0.743. The first kappa shape index (κ1) is 17.5. The van der Waals surface area contributed by atoms with Crippen LogP contribution in [0.1, 0.15) is 11.4 Å². The molecule has 142 valence electrons. The van der Waals surface area contributed by atoms with Crippen LogP contribution in [-0.4, -0.2) is 51.1 Å². The molecule has 0 spiro atoms. The molecule has 0 aliphatic carbocycles. The lowest BCUT2D eigenvalue weighted by molar-refractivity contribution is -0.146. The molecular formula is C16H16F3N7O. The maximum absolute atomic E-state index is 13.0. The summed E-state index contributed by atoms with van der Waals surface area (Å²) in [6, 6.07) is 6.74. The zero-order valence-corrected chi connectivity index (χ0v) is 14.1. The van der Waals surface area contributed by atoms with E-state index in [4.69, 9.17) is 4.74 Å². The molecule has 3 aromatic heterocycles. The van der Waals surface area contributed by atoms with Crippen molar-refractivity contribution in [2.24, 2.45) is 0 Å². The molecule has 0 atom stereocenters. The number of hydrogen-bond donors (Lipinski definition) is 1. The van der Waals surface area contributed by atoms with Crippen molar-refractivity contribution in [2.45, 2.75) is 12.7 Å². The average molecular weight is 379 g/mol. The molecule has 3 aromatic rings. The third-order valence-corrected chi connectivity index (χ3v) is 4.15. The third kappa shape index (κ3) is 3.63. The van der Waals surface area contributed by atoms with Crippen LogP contribution in [-0.2, 0) is 17.5 Å². The molecular weight excluding hydrogens is 363 g/mol. The normalized spacial score (nSPS) is 15.3. The summed E-state index contributed by atoms with van der Waals surface area (Å²) in [6.07, 6.45) is -2.91. The first-order valence-corrected chi connectivity index (χ1v) is 8.32. The van der Waals surface area contributed by atoms with Gasteiger partial charge in [-0.3, -0.25) is 0 Å². The molecule has 1 fully saturated rings. The van der Waals surface area contributed by atoms with Crippen LogP contribution in [0.15, 0.2) is 30.5 Å². The molecule has 0 saturated carbocycles. The lowest BCUT2D eigenvalue weighted by atomic mass is 10.2. The van der Waals surface area contributed by atoms with Gasteiger partial charge in [0, 0.05) is 31.4 Å². The Hall–Kier alpha value is -2.95. The molecule has 0 bridgehead atoms.